The van der Waals surface area contributed by atoms with Crippen molar-refractivity contribution in [3.8, 4) is 5.75 Å². The van der Waals surface area contributed by atoms with Gasteiger partial charge < -0.3 is 15.1 Å². The molecular weight excluding hydrogens is 218 g/mol. The summed E-state index contributed by atoms with van der Waals surface area (Å²) >= 11 is 0. The fourth-order valence-electron chi connectivity index (χ4n) is 1.82. The first kappa shape index (κ1) is 13.5. The summed E-state index contributed by atoms with van der Waals surface area (Å²) in [6, 6.07) is 3.44. The standard InChI is InChI=1S/C13H19NO3/c1-9-10(5-7-13(16)17)4-6-12(15)11(9)8-14(2)3/h4,6,15H,5,7-8H2,1-3H3,(H,16,17). The van der Waals surface area contributed by atoms with Gasteiger partial charge in [0.15, 0.2) is 0 Å². The summed E-state index contributed by atoms with van der Waals surface area (Å²) < 4.78 is 0. The van der Waals surface area contributed by atoms with E-state index in [4.69, 9.17) is 5.11 Å². The molecule has 0 fully saturated rings. The van der Waals surface area contributed by atoms with Crippen LogP contribution in [0.1, 0.15) is 23.1 Å². The van der Waals surface area contributed by atoms with Gasteiger partial charge in [-0.15, -0.1) is 0 Å². The lowest BCUT2D eigenvalue weighted by atomic mass is 9.97. The molecule has 1 aromatic carbocycles. The van der Waals surface area contributed by atoms with E-state index in [0.717, 1.165) is 16.7 Å². The molecule has 2 N–H and O–H groups in total. The predicted octanol–water partition coefficient (Wildman–Crippen LogP) is 1.78. The molecule has 0 saturated carbocycles. The van der Waals surface area contributed by atoms with E-state index in [9.17, 15) is 9.90 Å². The van der Waals surface area contributed by atoms with Crippen LogP contribution in [0.3, 0.4) is 0 Å². The number of carbonyl (C=O) groups is 1. The van der Waals surface area contributed by atoms with Gasteiger partial charge in [0.05, 0.1) is 0 Å². The second kappa shape index (κ2) is 5.68. The molecule has 0 amide bonds. The van der Waals surface area contributed by atoms with Crippen molar-refractivity contribution >= 4 is 5.97 Å². The molecule has 17 heavy (non-hydrogen) atoms. The Balaban J connectivity index is 2.97. The van der Waals surface area contributed by atoms with E-state index in [1.165, 1.54) is 0 Å². The van der Waals surface area contributed by atoms with Crippen LogP contribution in [-0.4, -0.2) is 35.2 Å². The van der Waals surface area contributed by atoms with Crippen molar-refractivity contribution in [2.24, 2.45) is 0 Å². The average Bonchev–Trinajstić information content (AvgIpc) is 2.22. The summed E-state index contributed by atoms with van der Waals surface area (Å²) in [4.78, 5) is 12.5. The summed E-state index contributed by atoms with van der Waals surface area (Å²) in [7, 11) is 3.87. The van der Waals surface area contributed by atoms with Crippen molar-refractivity contribution in [2.45, 2.75) is 26.3 Å². The smallest absolute Gasteiger partial charge is 0.303 e. The molecule has 1 rings (SSSR count). The summed E-state index contributed by atoms with van der Waals surface area (Å²) in [6.45, 7) is 2.58. The van der Waals surface area contributed by atoms with Crippen LogP contribution in [0.15, 0.2) is 12.1 Å². The van der Waals surface area contributed by atoms with E-state index >= 15 is 0 Å². The summed E-state index contributed by atoms with van der Waals surface area (Å²) in [6.07, 6.45) is 0.620. The van der Waals surface area contributed by atoms with Gasteiger partial charge in [0.25, 0.3) is 0 Å². The first-order chi connectivity index (χ1) is 7.91. The number of phenols is 1. The van der Waals surface area contributed by atoms with E-state index in [-0.39, 0.29) is 12.2 Å². The Kier molecular flexibility index (Phi) is 4.52. The van der Waals surface area contributed by atoms with E-state index in [1.807, 2.05) is 25.9 Å². The van der Waals surface area contributed by atoms with Crippen LogP contribution in [0.5, 0.6) is 5.75 Å². The number of benzene rings is 1. The quantitative estimate of drug-likeness (QED) is 0.819. The molecule has 0 heterocycles. The van der Waals surface area contributed by atoms with E-state index in [0.29, 0.717) is 13.0 Å². The number of aryl methyl sites for hydroxylation is 1. The lowest BCUT2D eigenvalue weighted by Gasteiger charge is -2.16. The molecule has 94 valence electrons. The zero-order valence-corrected chi connectivity index (χ0v) is 10.5. The van der Waals surface area contributed by atoms with Gasteiger partial charge in [-0.1, -0.05) is 6.07 Å². The Morgan fingerprint density at radius 2 is 2.00 bits per heavy atom. The van der Waals surface area contributed by atoms with Crippen molar-refractivity contribution in [3.63, 3.8) is 0 Å². The van der Waals surface area contributed by atoms with Crippen LogP contribution in [0, 0.1) is 6.92 Å². The summed E-state index contributed by atoms with van der Waals surface area (Å²) in [5, 5.41) is 18.5. The highest BCUT2D eigenvalue weighted by Gasteiger charge is 2.11. The number of carboxylic acids is 1. The number of aliphatic carboxylic acids is 1. The summed E-state index contributed by atoms with van der Waals surface area (Å²) in [5.41, 5.74) is 2.85. The SMILES string of the molecule is Cc1c(CCC(=O)O)ccc(O)c1CN(C)C. The second-order valence-corrected chi connectivity index (χ2v) is 4.48. The van der Waals surface area contributed by atoms with E-state index in [1.54, 1.807) is 12.1 Å². The Hall–Kier alpha value is -1.55. The number of hydrogen-bond donors (Lipinski definition) is 2. The van der Waals surface area contributed by atoms with Crippen LogP contribution in [-0.2, 0) is 17.8 Å². The third-order valence-electron chi connectivity index (χ3n) is 2.77. The van der Waals surface area contributed by atoms with Gasteiger partial charge in [0.2, 0.25) is 0 Å². The van der Waals surface area contributed by atoms with Gasteiger partial charge in [0, 0.05) is 18.5 Å². The maximum atomic E-state index is 10.6. The Morgan fingerprint density at radius 1 is 1.35 bits per heavy atom. The zero-order valence-electron chi connectivity index (χ0n) is 10.5. The maximum absolute atomic E-state index is 10.6. The van der Waals surface area contributed by atoms with Gasteiger partial charge in [-0.25, -0.2) is 0 Å². The van der Waals surface area contributed by atoms with Crippen molar-refractivity contribution in [1.29, 1.82) is 0 Å². The highest BCUT2D eigenvalue weighted by Crippen LogP contribution is 2.25. The van der Waals surface area contributed by atoms with Crippen molar-refractivity contribution in [3.05, 3.63) is 28.8 Å². The van der Waals surface area contributed by atoms with Gasteiger partial charge in [-0.2, -0.15) is 0 Å². The molecular formula is C13H19NO3. The number of nitrogens with zero attached hydrogens (tertiary/aromatic N) is 1. The molecule has 0 unspecified atom stereocenters. The molecule has 0 saturated heterocycles. The van der Waals surface area contributed by atoms with Crippen molar-refractivity contribution in [1.82, 2.24) is 4.90 Å². The van der Waals surface area contributed by atoms with Gasteiger partial charge >= 0.3 is 5.97 Å². The van der Waals surface area contributed by atoms with E-state index < -0.39 is 5.97 Å². The molecule has 0 bridgehead atoms. The first-order valence-corrected chi connectivity index (χ1v) is 5.58. The van der Waals surface area contributed by atoms with Gasteiger partial charge in [0.1, 0.15) is 5.75 Å². The molecule has 4 heteroatoms. The average molecular weight is 237 g/mol. The number of carboxylic acid groups (broad SMARTS) is 1. The third kappa shape index (κ3) is 3.75. The minimum absolute atomic E-state index is 0.118. The summed E-state index contributed by atoms with van der Waals surface area (Å²) in [5.74, 6) is -0.526. The largest absolute Gasteiger partial charge is 0.508 e. The first-order valence-electron chi connectivity index (χ1n) is 5.58. The lowest BCUT2D eigenvalue weighted by Crippen LogP contribution is -2.13. The minimum atomic E-state index is -0.799. The fourth-order valence-corrected chi connectivity index (χ4v) is 1.82. The molecule has 0 aliphatic heterocycles. The van der Waals surface area contributed by atoms with Crippen LogP contribution >= 0.6 is 0 Å². The maximum Gasteiger partial charge on any atom is 0.303 e. The fraction of sp³-hybridized carbons (Fsp3) is 0.462. The molecule has 0 radical (unpaired) electrons. The lowest BCUT2D eigenvalue weighted by molar-refractivity contribution is -0.136. The third-order valence-corrected chi connectivity index (χ3v) is 2.77. The van der Waals surface area contributed by atoms with Crippen LogP contribution in [0.2, 0.25) is 0 Å². The topological polar surface area (TPSA) is 60.8 Å². The zero-order chi connectivity index (χ0) is 13.0. The highest BCUT2D eigenvalue weighted by atomic mass is 16.4. The van der Waals surface area contributed by atoms with Gasteiger partial charge in [-0.3, -0.25) is 4.79 Å². The molecule has 0 aliphatic carbocycles. The van der Waals surface area contributed by atoms with Crippen LogP contribution in [0.4, 0.5) is 0 Å². The van der Waals surface area contributed by atoms with Crippen LogP contribution in [0.25, 0.3) is 0 Å². The molecule has 0 aliphatic rings. The van der Waals surface area contributed by atoms with Crippen molar-refractivity contribution < 1.29 is 15.0 Å². The number of aromatic hydroxyl groups is 1. The highest BCUT2D eigenvalue weighted by molar-refractivity contribution is 5.67. The van der Waals surface area contributed by atoms with Crippen LogP contribution < -0.4 is 0 Å². The van der Waals surface area contributed by atoms with Crippen molar-refractivity contribution in [2.75, 3.05) is 14.1 Å². The van der Waals surface area contributed by atoms with E-state index in [2.05, 4.69) is 0 Å². The number of phenolic OH excluding ortho intramolecular Hbond substituents is 1. The molecule has 0 spiro atoms. The Bertz CT molecular complexity index is 413. The molecule has 4 nitrogen and oxygen atoms in total. The monoisotopic (exact) mass is 237 g/mol. The number of hydrogen-bond acceptors (Lipinski definition) is 3. The Labute approximate surface area is 101 Å². The second-order valence-electron chi connectivity index (χ2n) is 4.48. The molecule has 0 atom stereocenters. The van der Waals surface area contributed by atoms with Gasteiger partial charge in [-0.05, 0) is 44.6 Å². The molecule has 0 aromatic heterocycles. The minimum Gasteiger partial charge on any atom is -0.508 e. The molecule has 1 aromatic rings. The predicted molar refractivity (Wildman–Crippen MR) is 66.2 cm³/mol. The number of rotatable bonds is 5. The Morgan fingerprint density at radius 3 is 2.53 bits per heavy atom. The normalized spacial score (nSPS) is 10.8.